The summed E-state index contributed by atoms with van der Waals surface area (Å²) >= 11 is 6.33. The molecule has 0 bridgehead atoms. The van der Waals surface area contributed by atoms with Gasteiger partial charge in [-0.2, -0.15) is 0 Å². The lowest BCUT2D eigenvalue weighted by Gasteiger charge is -2.43. The smallest absolute Gasteiger partial charge is 0.269 e. The van der Waals surface area contributed by atoms with Crippen molar-refractivity contribution < 1.29 is 10.0 Å². The van der Waals surface area contributed by atoms with Crippen LogP contribution in [0.1, 0.15) is 25.5 Å². The lowest BCUT2D eigenvalue weighted by atomic mass is 9.79. The van der Waals surface area contributed by atoms with Crippen LogP contribution in [0.3, 0.4) is 0 Å². The molecule has 2 N–H and O–H groups in total. The quantitative estimate of drug-likeness (QED) is 0.620. The molecule has 0 spiro atoms. The lowest BCUT2D eigenvalue weighted by molar-refractivity contribution is -0.385. The molecule has 1 aromatic rings. The van der Waals surface area contributed by atoms with Crippen LogP contribution in [0.5, 0.6) is 0 Å². The van der Waals surface area contributed by atoms with Gasteiger partial charge in [0.1, 0.15) is 0 Å². The van der Waals surface area contributed by atoms with E-state index in [9.17, 15) is 15.2 Å². The Morgan fingerprint density at radius 3 is 2.57 bits per heavy atom. The molecule has 23 heavy (non-hydrogen) atoms. The molecule has 0 radical (unpaired) electrons. The predicted molar refractivity (Wildman–Crippen MR) is 93.4 cm³/mol. The summed E-state index contributed by atoms with van der Waals surface area (Å²) in [4.78, 5) is 12.9. The summed E-state index contributed by atoms with van der Waals surface area (Å²) in [5.74, 6) is 0. The van der Waals surface area contributed by atoms with Gasteiger partial charge in [0, 0.05) is 61.4 Å². The molecule has 1 aliphatic rings. The van der Waals surface area contributed by atoms with Crippen LogP contribution >= 0.6 is 24.0 Å². The van der Waals surface area contributed by atoms with E-state index in [1.165, 1.54) is 12.1 Å². The average Bonchev–Trinajstić information content (AvgIpc) is 2.50. The Labute approximate surface area is 147 Å². The lowest BCUT2D eigenvalue weighted by Crippen LogP contribution is -2.49. The number of rotatable bonds is 5. The van der Waals surface area contributed by atoms with Crippen molar-refractivity contribution in [3.63, 3.8) is 0 Å². The summed E-state index contributed by atoms with van der Waals surface area (Å²) in [6.07, 6.45) is 0. The molecule has 1 saturated heterocycles. The summed E-state index contributed by atoms with van der Waals surface area (Å²) < 4.78 is 0. The molecule has 1 aliphatic heterocycles. The SMILES string of the molecule is CC(C)(CO)[C@H](c1cc([N+](=O)[O-])ccc1Cl)N1CCNCC1.Cl. The van der Waals surface area contributed by atoms with Gasteiger partial charge in [0.05, 0.1) is 4.92 Å². The molecule has 8 heteroatoms. The molecule has 130 valence electrons. The number of aliphatic hydroxyl groups is 1. The summed E-state index contributed by atoms with van der Waals surface area (Å²) in [6.45, 7) is 7.21. The van der Waals surface area contributed by atoms with E-state index < -0.39 is 10.3 Å². The molecule has 1 heterocycles. The normalized spacial score (nSPS) is 17.4. The maximum absolute atomic E-state index is 11.1. The van der Waals surface area contributed by atoms with Crippen LogP contribution in [-0.2, 0) is 0 Å². The highest BCUT2D eigenvalue weighted by molar-refractivity contribution is 6.31. The van der Waals surface area contributed by atoms with Gasteiger partial charge in [-0.25, -0.2) is 0 Å². The fourth-order valence-corrected chi connectivity index (χ4v) is 3.21. The van der Waals surface area contributed by atoms with Gasteiger partial charge in [-0.05, 0) is 11.6 Å². The molecule has 1 fully saturated rings. The Balaban J connectivity index is 0.00000264. The highest BCUT2D eigenvalue weighted by atomic mass is 35.5. The van der Waals surface area contributed by atoms with E-state index in [0.29, 0.717) is 10.6 Å². The van der Waals surface area contributed by atoms with Crippen LogP contribution in [0.15, 0.2) is 18.2 Å². The second kappa shape index (κ2) is 8.26. The van der Waals surface area contributed by atoms with Gasteiger partial charge >= 0.3 is 0 Å². The predicted octanol–water partition coefficient (Wildman–Crippen LogP) is 2.63. The molecule has 2 rings (SSSR count). The maximum atomic E-state index is 11.1. The van der Waals surface area contributed by atoms with Crippen molar-refractivity contribution in [2.24, 2.45) is 5.41 Å². The average molecular weight is 364 g/mol. The van der Waals surface area contributed by atoms with Gasteiger partial charge in [-0.3, -0.25) is 15.0 Å². The molecule has 0 aromatic heterocycles. The molecule has 1 atom stereocenters. The first-order chi connectivity index (χ1) is 10.4. The Hall–Kier alpha value is -0.920. The Morgan fingerprint density at radius 1 is 1.43 bits per heavy atom. The number of piperazine rings is 1. The first-order valence-corrected chi connectivity index (χ1v) is 7.74. The minimum Gasteiger partial charge on any atom is -0.396 e. The Bertz CT molecular complexity index is 549. The number of benzene rings is 1. The van der Waals surface area contributed by atoms with Gasteiger partial charge in [-0.15, -0.1) is 12.4 Å². The minimum atomic E-state index is -0.462. The van der Waals surface area contributed by atoms with Crippen LogP contribution < -0.4 is 5.32 Å². The fourth-order valence-electron chi connectivity index (χ4n) is 2.99. The van der Waals surface area contributed by atoms with E-state index in [1.54, 1.807) is 6.07 Å². The maximum Gasteiger partial charge on any atom is 0.269 e. The number of halogens is 2. The van der Waals surface area contributed by atoms with Crippen LogP contribution in [0, 0.1) is 15.5 Å². The zero-order valence-corrected chi connectivity index (χ0v) is 14.9. The highest BCUT2D eigenvalue weighted by Crippen LogP contribution is 2.42. The van der Waals surface area contributed by atoms with E-state index in [0.717, 1.165) is 26.2 Å². The number of nitrogens with zero attached hydrogens (tertiary/aromatic N) is 2. The number of hydrogen-bond donors (Lipinski definition) is 2. The van der Waals surface area contributed by atoms with Crippen LogP contribution in [0.25, 0.3) is 0 Å². The van der Waals surface area contributed by atoms with E-state index in [2.05, 4.69) is 10.2 Å². The van der Waals surface area contributed by atoms with Gasteiger partial charge in [0.25, 0.3) is 5.69 Å². The molecule has 0 unspecified atom stereocenters. The summed E-state index contributed by atoms with van der Waals surface area (Å²) in [6, 6.07) is 4.34. The molecule has 1 aromatic carbocycles. The number of aliphatic hydroxyl groups excluding tert-OH is 1. The largest absolute Gasteiger partial charge is 0.396 e. The van der Waals surface area contributed by atoms with Gasteiger partial charge < -0.3 is 10.4 Å². The number of non-ortho nitro benzene ring substituents is 1. The van der Waals surface area contributed by atoms with E-state index in [-0.39, 0.29) is 30.7 Å². The van der Waals surface area contributed by atoms with Crippen molar-refractivity contribution >= 4 is 29.7 Å². The van der Waals surface area contributed by atoms with Crippen LogP contribution in [0.2, 0.25) is 5.02 Å². The number of nitro benzene ring substituents is 1. The fraction of sp³-hybridized carbons (Fsp3) is 0.600. The second-order valence-electron chi connectivity index (χ2n) is 6.30. The first kappa shape index (κ1) is 20.1. The van der Waals surface area contributed by atoms with Crippen molar-refractivity contribution in [3.8, 4) is 0 Å². The number of hydrogen-bond acceptors (Lipinski definition) is 5. The van der Waals surface area contributed by atoms with Gasteiger partial charge in [0.15, 0.2) is 0 Å². The van der Waals surface area contributed by atoms with E-state index >= 15 is 0 Å². The first-order valence-electron chi connectivity index (χ1n) is 7.36. The van der Waals surface area contributed by atoms with Crippen molar-refractivity contribution in [2.75, 3.05) is 32.8 Å². The van der Waals surface area contributed by atoms with E-state index in [4.69, 9.17) is 11.6 Å². The second-order valence-corrected chi connectivity index (χ2v) is 6.71. The van der Waals surface area contributed by atoms with Crippen LogP contribution in [0.4, 0.5) is 5.69 Å². The third-order valence-electron chi connectivity index (χ3n) is 4.15. The molecule has 0 amide bonds. The van der Waals surface area contributed by atoms with Gasteiger partial charge in [0.2, 0.25) is 0 Å². The van der Waals surface area contributed by atoms with Gasteiger partial charge in [-0.1, -0.05) is 25.4 Å². The molecule has 0 aliphatic carbocycles. The van der Waals surface area contributed by atoms with Crippen molar-refractivity contribution in [1.82, 2.24) is 10.2 Å². The number of nitrogens with one attached hydrogen (secondary N) is 1. The Kier molecular flexibility index (Phi) is 7.23. The standard InChI is InChI=1S/C15H22ClN3O3.ClH/c1-15(2,10-20)14(18-7-5-17-6-8-18)12-9-11(19(21)22)3-4-13(12)16;/h3-4,9,14,17,20H,5-8,10H2,1-2H3;1H/t14-;/m0./s1. The molecular formula is C15H23Cl2N3O3. The molecular weight excluding hydrogens is 341 g/mol. The monoisotopic (exact) mass is 363 g/mol. The Morgan fingerprint density at radius 2 is 2.04 bits per heavy atom. The summed E-state index contributed by atoms with van der Waals surface area (Å²) in [5.41, 5.74) is 0.265. The van der Waals surface area contributed by atoms with Crippen LogP contribution in [-0.4, -0.2) is 47.7 Å². The zero-order chi connectivity index (χ0) is 16.3. The minimum absolute atomic E-state index is 0. The van der Waals surface area contributed by atoms with E-state index in [1.807, 2.05) is 13.8 Å². The molecule has 6 nitrogen and oxygen atoms in total. The van der Waals surface area contributed by atoms with Crippen molar-refractivity contribution in [2.45, 2.75) is 19.9 Å². The number of nitro groups is 1. The van der Waals surface area contributed by atoms with Crippen molar-refractivity contribution in [1.29, 1.82) is 0 Å². The zero-order valence-electron chi connectivity index (χ0n) is 13.3. The highest BCUT2D eigenvalue weighted by Gasteiger charge is 2.37. The third-order valence-corrected chi connectivity index (χ3v) is 4.49. The summed E-state index contributed by atoms with van der Waals surface area (Å²) in [5, 5.41) is 24.7. The third kappa shape index (κ3) is 4.55. The topological polar surface area (TPSA) is 78.6 Å². The molecule has 0 saturated carbocycles. The summed E-state index contributed by atoms with van der Waals surface area (Å²) in [7, 11) is 0. The van der Waals surface area contributed by atoms with Crippen molar-refractivity contribution in [3.05, 3.63) is 38.9 Å².